The summed E-state index contributed by atoms with van der Waals surface area (Å²) in [4.78, 5) is 29.5. The van der Waals surface area contributed by atoms with Gasteiger partial charge in [-0.05, 0) is 18.7 Å². The van der Waals surface area contributed by atoms with Gasteiger partial charge in [0, 0.05) is 50.6 Å². The molecule has 22 heavy (non-hydrogen) atoms. The van der Waals surface area contributed by atoms with Gasteiger partial charge in [-0.15, -0.1) is 0 Å². The highest BCUT2D eigenvalue weighted by Gasteiger charge is 2.12. The van der Waals surface area contributed by atoms with Crippen LogP contribution in [-0.2, 0) is 16.1 Å². The summed E-state index contributed by atoms with van der Waals surface area (Å²) in [5.74, 6) is -0.722. The lowest BCUT2D eigenvalue weighted by Gasteiger charge is -2.22. The second kappa shape index (κ2) is 8.23. The third-order valence-electron chi connectivity index (χ3n) is 3.44. The van der Waals surface area contributed by atoms with Crippen LogP contribution in [0.4, 0.5) is 0 Å². The van der Waals surface area contributed by atoms with Crippen LogP contribution in [0.15, 0.2) is 29.6 Å². The van der Waals surface area contributed by atoms with Crippen LogP contribution in [0.25, 0.3) is 0 Å². The molecule has 0 spiro atoms. The predicted molar refractivity (Wildman–Crippen MR) is 83.0 cm³/mol. The molecule has 1 aliphatic heterocycles. The average Bonchev–Trinajstić information content (AvgIpc) is 2.53. The molecule has 2 rings (SSSR count). The summed E-state index contributed by atoms with van der Waals surface area (Å²) >= 11 is 0. The Hall–Kier alpha value is -2.28. The molecular weight excluding hydrogens is 282 g/mol. The van der Waals surface area contributed by atoms with E-state index in [4.69, 9.17) is 0 Å². The Labute approximate surface area is 129 Å². The third kappa shape index (κ3) is 5.61. The molecule has 1 aromatic heterocycles. The number of pyridine rings is 1. The van der Waals surface area contributed by atoms with Gasteiger partial charge in [0.15, 0.2) is 0 Å². The van der Waals surface area contributed by atoms with Gasteiger partial charge in [-0.1, -0.05) is 6.07 Å². The number of likely N-dealkylation sites (tertiary alicyclic amines) is 1. The number of hydrogen-bond donors (Lipinski definition) is 2. The number of hydrazone groups is 1. The van der Waals surface area contributed by atoms with E-state index in [1.165, 1.54) is 0 Å². The van der Waals surface area contributed by atoms with Crippen LogP contribution in [0.3, 0.4) is 0 Å². The Bertz CT molecular complexity index is 534. The van der Waals surface area contributed by atoms with E-state index in [0.29, 0.717) is 6.54 Å². The molecule has 0 unspecified atom stereocenters. The summed E-state index contributed by atoms with van der Waals surface area (Å²) in [6, 6.07) is 3.66. The Morgan fingerprint density at radius 3 is 2.77 bits per heavy atom. The molecule has 0 aromatic carbocycles. The summed E-state index contributed by atoms with van der Waals surface area (Å²) in [7, 11) is 2.06. The first kappa shape index (κ1) is 16.1. The maximum atomic E-state index is 11.7. The fourth-order valence-electron chi connectivity index (χ4n) is 2.08. The smallest absolute Gasteiger partial charge is 0.249 e. The fourth-order valence-corrected chi connectivity index (χ4v) is 2.08. The normalized spacial score (nSPS) is 15.2. The molecule has 0 atom stereocenters. The maximum absolute atomic E-state index is 11.7. The van der Waals surface area contributed by atoms with Gasteiger partial charge in [0.1, 0.15) is 6.42 Å². The maximum Gasteiger partial charge on any atom is 0.249 e. The van der Waals surface area contributed by atoms with Gasteiger partial charge < -0.3 is 10.2 Å². The van der Waals surface area contributed by atoms with Crippen LogP contribution in [0, 0.1) is 0 Å². The van der Waals surface area contributed by atoms with Crippen molar-refractivity contribution >= 4 is 17.5 Å². The van der Waals surface area contributed by atoms with E-state index in [2.05, 4.69) is 32.8 Å². The second-order valence-electron chi connectivity index (χ2n) is 5.33. The monoisotopic (exact) mass is 303 g/mol. The largest absolute Gasteiger partial charge is 0.352 e. The van der Waals surface area contributed by atoms with E-state index >= 15 is 0 Å². The molecule has 7 heteroatoms. The quantitative estimate of drug-likeness (QED) is 0.604. The van der Waals surface area contributed by atoms with Crippen molar-refractivity contribution in [2.24, 2.45) is 5.10 Å². The standard InChI is InChI=1S/C15H21N5O2/c1-20-7-4-13(5-8-20)18-19-15(22)9-14(21)17-11-12-3-2-6-16-10-12/h2-3,6,10H,4-5,7-9,11H2,1H3,(H,17,21)(H,19,22). The van der Waals surface area contributed by atoms with Crippen molar-refractivity contribution in [2.75, 3.05) is 20.1 Å². The highest BCUT2D eigenvalue weighted by Crippen LogP contribution is 2.04. The lowest BCUT2D eigenvalue weighted by Crippen LogP contribution is -2.33. The molecule has 0 saturated carbocycles. The number of nitrogens with one attached hydrogen (secondary N) is 2. The van der Waals surface area contributed by atoms with E-state index in [9.17, 15) is 9.59 Å². The minimum Gasteiger partial charge on any atom is -0.352 e. The molecule has 2 N–H and O–H groups in total. The van der Waals surface area contributed by atoms with Crippen molar-refractivity contribution in [1.82, 2.24) is 20.6 Å². The highest BCUT2D eigenvalue weighted by atomic mass is 16.2. The molecule has 118 valence electrons. The number of hydrogen-bond acceptors (Lipinski definition) is 5. The first-order valence-electron chi connectivity index (χ1n) is 7.32. The van der Waals surface area contributed by atoms with Crippen LogP contribution in [0.5, 0.6) is 0 Å². The molecule has 1 fully saturated rings. The Balaban J connectivity index is 1.68. The van der Waals surface area contributed by atoms with E-state index < -0.39 is 5.91 Å². The summed E-state index contributed by atoms with van der Waals surface area (Å²) < 4.78 is 0. The van der Waals surface area contributed by atoms with Gasteiger partial charge in [0.25, 0.3) is 0 Å². The van der Waals surface area contributed by atoms with Crippen molar-refractivity contribution in [2.45, 2.75) is 25.8 Å². The van der Waals surface area contributed by atoms with Gasteiger partial charge in [0.05, 0.1) is 0 Å². The van der Waals surface area contributed by atoms with Crippen molar-refractivity contribution < 1.29 is 9.59 Å². The SMILES string of the molecule is CN1CCC(=NNC(=O)CC(=O)NCc2cccnc2)CC1. The lowest BCUT2D eigenvalue weighted by atomic mass is 10.1. The number of piperidine rings is 1. The molecule has 1 aromatic rings. The topological polar surface area (TPSA) is 86.7 Å². The summed E-state index contributed by atoms with van der Waals surface area (Å²) in [5.41, 5.74) is 4.32. The van der Waals surface area contributed by atoms with Crippen LogP contribution in [0.1, 0.15) is 24.8 Å². The van der Waals surface area contributed by atoms with E-state index in [0.717, 1.165) is 37.2 Å². The molecule has 0 bridgehead atoms. The zero-order valence-electron chi connectivity index (χ0n) is 12.7. The second-order valence-corrected chi connectivity index (χ2v) is 5.33. The number of nitrogens with zero attached hydrogens (tertiary/aromatic N) is 3. The van der Waals surface area contributed by atoms with E-state index in [1.54, 1.807) is 18.5 Å². The molecule has 0 radical (unpaired) electrons. The number of carbonyl (C=O) groups is 2. The predicted octanol–water partition coefficient (Wildman–Crippen LogP) is 0.286. The molecule has 2 heterocycles. The van der Waals surface area contributed by atoms with E-state index in [1.807, 2.05) is 6.07 Å². The van der Waals surface area contributed by atoms with E-state index in [-0.39, 0.29) is 12.3 Å². The van der Waals surface area contributed by atoms with Gasteiger partial charge in [-0.2, -0.15) is 5.10 Å². The first-order valence-corrected chi connectivity index (χ1v) is 7.32. The molecule has 1 aliphatic rings. The Morgan fingerprint density at radius 1 is 1.32 bits per heavy atom. The zero-order valence-corrected chi connectivity index (χ0v) is 12.7. The minimum absolute atomic E-state index is 0.225. The van der Waals surface area contributed by atoms with Crippen LogP contribution < -0.4 is 10.7 Å². The minimum atomic E-state index is -0.393. The molecule has 2 amide bonds. The molecule has 0 aliphatic carbocycles. The summed E-state index contributed by atoms with van der Waals surface area (Å²) in [6.07, 6.45) is 4.82. The van der Waals surface area contributed by atoms with Gasteiger partial charge in [-0.25, -0.2) is 5.43 Å². The molecular formula is C15H21N5O2. The van der Waals surface area contributed by atoms with Crippen molar-refractivity contribution in [3.63, 3.8) is 0 Å². The highest BCUT2D eigenvalue weighted by molar-refractivity contribution is 5.97. The van der Waals surface area contributed by atoms with Crippen LogP contribution in [-0.4, -0.2) is 47.5 Å². The van der Waals surface area contributed by atoms with Gasteiger partial charge >= 0.3 is 0 Å². The van der Waals surface area contributed by atoms with Crippen LogP contribution >= 0.6 is 0 Å². The first-order chi connectivity index (χ1) is 10.6. The summed E-state index contributed by atoms with van der Waals surface area (Å²) in [5, 5.41) is 6.77. The van der Waals surface area contributed by atoms with Gasteiger partial charge in [-0.3, -0.25) is 14.6 Å². The number of rotatable bonds is 5. The number of carbonyl (C=O) groups excluding carboxylic acids is 2. The van der Waals surface area contributed by atoms with Crippen molar-refractivity contribution in [3.8, 4) is 0 Å². The van der Waals surface area contributed by atoms with Crippen molar-refractivity contribution in [1.29, 1.82) is 0 Å². The Kier molecular flexibility index (Phi) is 6.02. The average molecular weight is 303 g/mol. The molecule has 1 saturated heterocycles. The number of amides is 2. The van der Waals surface area contributed by atoms with Crippen LogP contribution in [0.2, 0.25) is 0 Å². The zero-order chi connectivity index (χ0) is 15.8. The number of aromatic nitrogens is 1. The third-order valence-corrected chi connectivity index (χ3v) is 3.44. The Morgan fingerprint density at radius 2 is 2.09 bits per heavy atom. The van der Waals surface area contributed by atoms with Crippen molar-refractivity contribution in [3.05, 3.63) is 30.1 Å². The fraction of sp³-hybridized carbons (Fsp3) is 0.467. The van der Waals surface area contributed by atoms with Gasteiger partial charge in [0.2, 0.25) is 11.8 Å². The summed E-state index contributed by atoms with van der Waals surface area (Å²) in [6.45, 7) is 2.25. The molecule has 7 nitrogen and oxygen atoms in total. The lowest BCUT2D eigenvalue weighted by molar-refractivity contribution is -0.129.